The Morgan fingerprint density at radius 1 is 1.00 bits per heavy atom. The van der Waals surface area contributed by atoms with Gasteiger partial charge >= 0.3 is 0 Å². The first-order valence-corrected chi connectivity index (χ1v) is 4.21. The molecular formula is C10H8ClN3. The molecule has 0 amide bonds. The van der Waals surface area contributed by atoms with Gasteiger partial charge in [0.25, 0.3) is 0 Å². The molecule has 0 aliphatic carbocycles. The summed E-state index contributed by atoms with van der Waals surface area (Å²) in [6, 6.07) is 12.4. The molecule has 4 heteroatoms. The second-order valence-corrected chi connectivity index (χ2v) is 3.06. The maximum atomic E-state index is 4.02. The van der Waals surface area contributed by atoms with Crippen LogP contribution in [0.25, 0.3) is 10.8 Å². The molecule has 14 heavy (non-hydrogen) atoms. The van der Waals surface area contributed by atoms with E-state index in [4.69, 9.17) is 0 Å². The van der Waals surface area contributed by atoms with E-state index in [0.717, 1.165) is 11.4 Å². The van der Waals surface area contributed by atoms with Gasteiger partial charge in [0.05, 0.1) is 0 Å². The molecule has 2 N–H and O–H groups in total. The molecule has 0 bridgehead atoms. The monoisotopic (exact) mass is 205 g/mol. The third-order valence-electron chi connectivity index (χ3n) is 2.30. The zero-order valence-corrected chi connectivity index (χ0v) is 8.07. The minimum Gasteiger partial charge on any atom is -1.00 e. The van der Waals surface area contributed by atoms with E-state index in [9.17, 15) is 0 Å². The van der Waals surface area contributed by atoms with Gasteiger partial charge in [-0.15, -0.1) is 0 Å². The van der Waals surface area contributed by atoms with Crippen molar-refractivity contribution in [2.45, 2.75) is 0 Å². The first-order chi connectivity index (χ1) is 6.45. The molecule has 0 atom stereocenters. The van der Waals surface area contributed by atoms with Crippen molar-refractivity contribution in [1.29, 1.82) is 0 Å². The summed E-state index contributed by atoms with van der Waals surface area (Å²) in [5, 5.41) is 10.4. The Bertz CT molecular complexity index is 508. The summed E-state index contributed by atoms with van der Waals surface area (Å²) in [7, 11) is 0. The fourth-order valence-electron chi connectivity index (χ4n) is 1.66. The van der Waals surface area contributed by atoms with Crippen LogP contribution in [0, 0.1) is 0 Å². The van der Waals surface area contributed by atoms with Crippen molar-refractivity contribution in [2.24, 2.45) is 10.3 Å². The quantitative estimate of drug-likeness (QED) is 0.426. The van der Waals surface area contributed by atoms with Crippen LogP contribution in [-0.4, -0.2) is 0 Å². The van der Waals surface area contributed by atoms with E-state index in [-0.39, 0.29) is 12.4 Å². The van der Waals surface area contributed by atoms with Gasteiger partial charge in [0.2, 0.25) is 0 Å². The zero-order valence-electron chi connectivity index (χ0n) is 7.31. The van der Waals surface area contributed by atoms with Crippen molar-refractivity contribution in [1.82, 2.24) is 0 Å². The number of benzene rings is 2. The lowest BCUT2D eigenvalue weighted by atomic mass is 10.1. The van der Waals surface area contributed by atoms with Crippen molar-refractivity contribution in [3.63, 3.8) is 0 Å². The first-order valence-electron chi connectivity index (χ1n) is 4.21. The molecule has 1 heterocycles. The summed E-state index contributed by atoms with van der Waals surface area (Å²) in [6.07, 6.45) is 0. The Hall–Kier alpha value is -1.45. The van der Waals surface area contributed by atoms with Gasteiger partial charge in [-0.1, -0.05) is 29.4 Å². The molecule has 1 aliphatic rings. The zero-order chi connectivity index (χ0) is 8.67. The molecule has 3 rings (SSSR count). The molecule has 0 fully saturated rings. The van der Waals surface area contributed by atoms with E-state index in [1.165, 1.54) is 10.8 Å². The maximum absolute atomic E-state index is 4.02. The minimum atomic E-state index is 0. The molecule has 70 valence electrons. The third-order valence-corrected chi connectivity index (χ3v) is 2.30. The highest BCUT2D eigenvalue weighted by atomic mass is 35.5. The van der Waals surface area contributed by atoms with Crippen LogP contribution in [0.3, 0.4) is 0 Å². The van der Waals surface area contributed by atoms with Gasteiger partial charge in [0, 0.05) is 10.6 Å². The third kappa shape index (κ3) is 1.18. The summed E-state index contributed by atoms with van der Waals surface area (Å²) in [6.45, 7) is 0. The fourth-order valence-corrected chi connectivity index (χ4v) is 1.66. The summed E-state index contributed by atoms with van der Waals surface area (Å²) in [5.41, 5.74) is 3.93. The van der Waals surface area contributed by atoms with Crippen LogP contribution in [0.5, 0.6) is 0 Å². The second-order valence-electron chi connectivity index (χ2n) is 3.06. The van der Waals surface area contributed by atoms with E-state index in [0.29, 0.717) is 0 Å². The highest BCUT2D eigenvalue weighted by molar-refractivity contribution is 5.95. The average molecular weight is 206 g/mol. The Morgan fingerprint density at radius 3 is 2.79 bits per heavy atom. The topological polar surface area (TPSA) is 41.3 Å². The van der Waals surface area contributed by atoms with Crippen molar-refractivity contribution in [2.75, 3.05) is 0 Å². The van der Waals surface area contributed by atoms with Crippen LogP contribution >= 0.6 is 0 Å². The number of nitrogens with zero attached hydrogens (tertiary/aromatic N) is 2. The largest absolute Gasteiger partial charge is 1.00 e. The summed E-state index contributed by atoms with van der Waals surface area (Å²) >= 11 is 0. The number of rotatable bonds is 0. The SMILES string of the molecule is [Cl-].c1ccc2c3c(ccc2c1)N=N[NH2+]3. The lowest BCUT2D eigenvalue weighted by molar-refractivity contribution is -0.577. The molecule has 0 aromatic heterocycles. The molecule has 2 aromatic carbocycles. The van der Waals surface area contributed by atoms with Crippen molar-refractivity contribution in [3.05, 3.63) is 36.4 Å². The van der Waals surface area contributed by atoms with Gasteiger partial charge < -0.3 is 12.4 Å². The minimum absolute atomic E-state index is 0. The number of quaternary nitrogens is 1. The maximum Gasteiger partial charge on any atom is 0.193 e. The van der Waals surface area contributed by atoms with Crippen LogP contribution in [0.15, 0.2) is 46.7 Å². The Morgan fingerprint density at radius 2 is 1.86 bits per heavy atom. The predicted octanol–water partition coefficient (Wildman–Crippen LogP) is -0.949. The Balaban J connectivity index is 0.000000750. The Kier molecular flexibility index (Phi) is 2.19. The number of nitrogens with two attached hydrogens (primary N) is 1. The van der Waals surface area contributed by atoms with Gasteiger partial charge in [-0.25, -0.2) is 0 Å². The van der Waals surface area contributed by atoms with Crippen molar-refractivity contribution in [3.8, 4) is 0 Å². The van der Waals surface area contributed by atoms with Crippen LogP contribution in [-0.2, 0) is 0 Å². The van der Waals surface area contributed by atoms with Crippen LogP contribution < -0.4 is 17.8 Å². The van der Waals surface area contributed by atoms with E-state index in [1.807, 2.05) is 23.6 Å². The molecule has 0 spiro atoms. The van der Waals surface area contributed by atoms with Gasteiger partial charge in [-0.05, 0) is 17.5 Å². The Labute approximate surface area is 87.2 Å². The average Bonchev–Trinajstić information content (AvgIpc) is 2.65. The molecule has 0 radical (unpaired) electrons. The number of fused-ring (bicyclic) bond motifs is 3. The van der Waals surface area contributed by atoms with Crippen molar-refractivity contribution < 1.29 is 17.8 Å². The molecule has 1 aliphatic heterocycles. The fraction of sp³-hybridized carbons (Fsp3) is 0. The standard InChI is InChI=1S/C10H7N3.ClH/c1-2-4-8-7(3-1)5-6-9-10(8)12-13-11-9;/h1-6H,(H,11,12,13);1H. The molecule has 0 unspecified atom stereocenters. The summed E-state index contributed by atoms with van der Waals surface area (Å²) in [5.74, 6) is 0. The predicted molar refractivity (Wildman–Crippen MR) is 50.0 cm³/mol. The van der Waals surface area contributed by atoms with E-state index in [2.05, 4.69) is 28.5 Å². The highest BCUT2D eigenvalue weighted by Crippen LogP contribution is 2.31. The van der Waals surface area contributed by atoms with Gasteiger partial charge in [0.15, 0.2) is 11.4 Å². The lowest BCUT2D eigenvalue weighted by Gasteiger charge is -1.97. The molecule has 0 saturated heterocycles. The van der Waals surface area contributed by atoms with Crippen molar-refractivity contribution >= 4 is 22.1 Å². The van der Waals surface area contributed by atoms with Crippen LogP contribution in [0.4, 0.5) is 11.4 Å². The van der Waals surface area contributed by atoms with E-state index < -0.39 is 0 Å². The lowest BCUT2D eigenvalue weighted by Crippen LogP contribution is -3.00. The number of hydrogen-bond acceptors (Lipinski definition) is 2. The summed E-state index contributed by atoms with van der Waals surface area (Å²) < 4.78 is 0. The number of halogens is 1. The van der Waals surface area contributed by atoms with Gasteiger partial charge in [-0.2, -0.15) is 5.43 Å². The molecule has 0 saturated carbocycles. The molecular weight excluding hydrogens is 198 g/mol. The first kappa shape index (κ1) is 9.12. The summed E-state index contributed by atoms with van der Waals surface area (Å²) in [4.78, 5) is 0. The van der Waals surface area contributed by atoms with Gasteiger partial charge in [0.1, 0.15) is 0 Å². The number of hydrogen-bond donors (Lipinski definition) is 1. The van der Waals surface area contributed by atoms with Gasteiger partial charge in [-0.3, -0.25) is 0 Å². The smallest absolute Gasteiger partial charge is 0.193 e. The van der Waals surface area contributed by atoms with Crippen LogP contribution in [0.1, 0.15) is 0 Å². The van der Waals surface area contributed by atoms with Crippen LogP contribution in [0.2, 0.25) is 0 Å². The molecule has 2 aromatic rings. The van der Waals surface area contributed by atoms with E-state index in [1.54, 1.807) is 0 Å². The van der Waals surface area contributed by atoms with E-state index >= 15 is 0 Å². The molecule has 3 nitrogen and oxygen atoms in total. The second kappa shape index (κ2) is 3.36. The normalized spacial score (nSPS) is 12.6. The highest BCUT2D eigenvalue weighted by Gasteiger charge is 2.15.